The number of fused-ring (bicyclic) bond motifs is 1. The van der Waals surface area contributed by atoms with Gasteiger partial charge in [0.2, 0.25) is 22.7 Å². The van der Waals surface area contributed by atoms with Crippen LogP contribution in [0.4, 0.5) is 5.69 Å². The lowest BCUT2D eigenvalue weighted by atomic mass is 9.97. The zero-order valence-corrected chi connectivity index (χ0v) is 16.2. The Bertz CT molecular complexity index is 1080. The summed E-state index contributed by atoms with van der Waals surface area (Å²) in [4.78, 5) is 12.2. The number of benzene rings is 2. The summed E-state index contributed by atoms with van der Waals surface area (Å²) < 4.78 is 36.7. The van der Waals surface area contributed by atoms with E-state index < -0.39 is 16.1 Å². The molecule has 28 heavy (non-hydrogen) atoms. The van der Waals surface area contributed by atoms with Gasteiger partial charge in [-0.15, -0.1) is 0 Å². The zero-order valence-electron chi connectivity index (χ0n) is 15.4. The molecule has 2 aromatic carbocycles. The molecule has 9 heteroatoms. The lowest BCUT2D eigenvalue weighted by Crippen LogP contribution is -2.25. The van der Waals surface area contributed by atoms with Crippen LogP contribution in [0.1, 0.15) is 30.5 Å². The van der Waals surface area contributed by atoms with Crippen molar-refractivity contribution < 1.29 is 22.7 Å². The molecule has 0 aromatic heterocycles. The highest BCUT2D eigenvalue weighted by molar-refractivity contribution is 7.92. The van der Waals surface area contributed by atoms with Crippen LogP contribution in [0.5, 0.6) is 11.5 Å². The molecule has 8 nitrogen and oxygen atoms in total. The Balaban J connectivity index is 1.70. The molecule has 1 amide bonds. The molecule has 0 saturated carbocycles. The molecule has 146 valence electrons. The first-order valence-corrected chi connectivity index (χ1v) is 10.5. The van der Waals surface area contributed by atoms with E-state index in [0.717, 1.165) is 11.8 Å². The second-order valence-corrected chi connectivity index (χ2v) is 8.41. The van der Waals surface area contributed by atoms with Gasteiger partial charge in [0, 0.05) is 24.5 Å². The first-order valence-electron chi connectivity index (χ1n) is 8.66. The van der Waals surface area contributed by atoms with Crippen molar-refractivity contribution in [3.63, 3.8) is 0 Å². The number of nitrogens with zero attached hydrogens (tertiary/aromatic N) is 2. The summed E-state index contributed by atoms with van der Waals surface area (Å²) in [6.07, 6.45) is 1.54. The average molecular weight is 401 g/mol. The molecule has 4 rings (SSSR count). The average Bonchev–Trinajstić information content (AvgIpc) is 3.27. The summed E-state index contributed by atoms with van der Waals surface area (Å²) in [5, 5.41) is 5.90. The summed E-state index contributed by atoms with van der Waals surface area (Å²) in [5.74, 6) is 1.08. The monoisotopic (exact) mass is 401 g/mol. The largest absolute Gasteiger partial charge is 0.454 e. The van der Waals surface area contributed by atoms with Crippen molar-refractivity contribution in [3.05, 3.63) is 53.6 Å². The predicted octanol–water partition coefficient (Wildman–Crippen LogP) is 2.48. The van der Waals surface area contributed by atoms with Gasteiger partial charge in [0.05, 0.1) is 23.7 Å². The minimum atomic E-state index is -3.46. The van der Waals surface area contributed by atoms with Gasteiger partial charge >= 0.3 is 0 Å². The Kier molecular flexibility index (Phi) is 4.46. The Labute approximate surface area is 162 Å². The van der Waals surface area contributed by atoms with Crippen LogP contribution < -0.4 is 14.2 Å². The van der Waals surface area contributed by atoms with Crippen molar-refractivity contribution in [2.24, 2.45) is 5.10 Å². The number of rotatable bonds is 4. The van der Waals surface area contributed by atoms with Gasteiger partial charge in [-0.25, -0.2) is 13.4 Å². The van der Waals surface area contributed by atoms with Crippen molar-refractivity contribution in [1.29, 1.82) is 0 Å². The van der Waals surface area contributed by atoms with E-state index in [0.29, 0.717) is 34.9 Å². The molecule has 1 unspecified atom stereocenters. The summed E-state index contributed by atoms with van der Waals surface area (Å²) in [6, 6.07) is 12.1. The molecular weight excluding hydrogens is 382 g/mol. The number of amides is 1. The standard InChI is InChI=1S/C19H19N3O5S/c1-12(23)22-17(14-5-3-4-6-15(14)21-28(2,24)25)10-16(20-22)13-7-8-18-19(9-13)27-11-26-18/h3-9,17,21H,10-11H2,1-2H3. The highest BCUT2D eigenvalue weighted by Crippen LogP contribution is 2.39. The lowest BCUT2D eigenvalue weighted by molar-refractivity contribution is -0.130. The number of sulfonamides is 1. The maximum atomic E-state index is 12.2. The van der Waals surface area contributed by atoms with E-state index in [4.69, 9.17) is 9.47 Å². The molecule has 1 atom stereocenters. The van der Waals surface area contributed by atoms with Gasteiger partial charge in [-0.2, -0.15) is 5.10 Å². The van der Waals surface area contributed by atoms with E-state index in [1.54, 1.807) is 24.3 Å². The Morgan fingerprint density at radius 1 is 1.18 bits per heavy atom. The van der Waals surface area contributed by atoms with Crippen LogP contribution >= 0.6 is 0 Å². The third-order valence-corrected chi connectivity index (χ3v) is 5.14. The number of hydrogen-bond acceptors (Lipinski definition) is 6. The molecular formula is C19H19N3O5S. The van der Waals surface area contributed by atoms with E-state index in [1.807, 2.05) is 18.2 Å². The summed E-state index contributed by atoms with van der Waals surface area (Å²) >= 11 is 0. The minimum absolute atomic E-state index is 0.179. The molecule has 0 bridgehead atoms. The number of carbonyl (C=O) groups excluding carboxylic acids is 1. The fourth-order valence-electron chi connectivity index (χ4n) is 3.37. The summed E-state index contributed by atoms with van der Waals surface area (Å²) in [5.41, 5.74) is 2.66. The topological polar surface area (TPSA) is 97.3 Å². The fourth-order valence-corrected chi connectivity index (χ4v) is 3.96. The summed E-state index contributed by atoms with van der Waals surface area (Å²) in [7, 11) is -3.46. The van der Waals surface area contributed by atoms with Crippen LogP contribution in [0.25, 0.3) is 0 Å². The molecule has 0 spiro atoms. The zero-order chi connectivity index (χ0) is 19.9. The molecule has 0 radical (unpaired) electrons. The normalized spacial score (nSPS) is 18.1. The van der Waals surface area contributed by atoms with Crippen LogP contribution in [-0.2, 0) is 14.8 Å². The molecule has 0 fully saturated rings. The second kappa shape index (κ2) is 6.83. The lowest BCUT2D eigenvalue weighted by Gasteiger charge is -2.23. The highest BCUT2D eigenvalue weighted by atomic mass is 32.2. The fraction of sp³-hybridized carbons (Fsp3) is 0.263. The van der Waals surface area contributed by atoms with Gasteiger partial charge in [0.25, 0.3) is 0 Å². The molecule has 0 aliphatic carbocycles. The maximum absolute atomic E-state index is 12.2. The second-order valence-electron chi connectivity index (χ2n) is 6.66. The first-order chi connectivity index (χ1) is 13.3. The first kappa shape index (κ1) is 18.3. The van der Waals surface area contributed by atoms with Crippen molar-refractivity contribution in [2.45, 2.75) is 19.4 Å². The van der Waals surface area contributed by atoms with Crippen LogP contribution in [-0.4, -0.2) is 38.1 Å². The predicted molar refractivity (Wildman–Crippen MR) is 104 cm³/mol. The third kappa shape index (κ3) is 3.53. The Morgan fingerprint density at radius 3 is 2.68 bits per heavy atom. The van der Waals surface area contributed by atoms with Gasteiger partial charge < -0.3 is 9.47 Å². The van der Waals surface area contributed by atoms with E-state index in [-0.39, 0.29) is 12.7 Å². The molecule has 2 aliphatic rings. The highest BCUT2D eigenvalue weighted by Gasteiger charge is 2.33. The van der Waals surface area contributed by atoms with E-state index in [2.05, 4.69) is 9.82 Å². The van der Waals surface area contributed by atoms with Gasteiger partial charge in [0.15, 0.2) is 11.5 Å². The number of para-hydroxylation sites is 1. The number of anilines is 1. The number of nitrogens with one attached hydrogen (secondary N) is 1. The SMILES string of the molecule is CC(=O)N1N=C(c2ccc3c(c2)OCO3)CC1c1ccccc1NS(C)(=O)=O. The van der Waals surface area contributed by atoms with Crippen molar-refractivity contribution >= 4 is 27.3 Å². The minimum Gasteiger partial charge on any atom is -0.454 e. The molecule has 0 saturated heterocycles. The maximum Gasteiger partial charge on any atom is 0.240 e. The van der Waals surface area contributed by atoms with Crippen LogP contribution in [0, 0.1) is 0 Å². The quantitative estimate of drug-likeness (QED) is 0.849. The van der Waals surface area contributed by atoms with E-state index >= 15 is 0 Å². The smallest absolute Gasteiger partial charge is 0.240 e. The Hall–Kier alpha value is -3.07. The van der Waals surface area contributed by atoms with Gasteiger partial charge in [-0.1, -0.05) is 18.2 Å². The third-order valence-electron chi connectivity index (χ3n) is 4.55. The van der Waals surface area contributed by atoms with Crippen molar-refractivity contribution in [1.82, 2.24) is 5.01 Å². The summed E-state index contributed by atoms with van der Waals surface area (Å²) in [6.45, 7) is 1.61. The number of ether oxygens (including phenoxy) is 2. The van der Waals surface area contributed by atoms with E-state index in [1.165, 1.54) is 11.9 Å². The number of hydrazone groups is 1. The van der Waals surface area contributed by atoms with Gasteiger partial charge in [-0.05, 0) is 24.3 Å². The van der Waals surface area contributed by atoms with Gasteiger partial charge in [-0.3, -0.25) is 9.52 Å². The van der Waals surface area contributed by atoms with Crippen molar-refractivity contribution in [2.75, 3.05) is 17.8 Å². The van der Waals surface area contributed by atoms with Crippen LogP contribution in [0.15, 0.2) is 47.6 Å². The number of carbonyl (C=O) groups is 1. The van der Waals surface area contributed by atoms with E-state index in [9.17, 15) is 13.2 Å². The number of hydrogen-bond donors (Lipinski definition) is 1. The molecule has 2 heterocycles. The van der Waals surface area contributed by atoms with Crippen LogP contribution in [0.2, 0.25) is 0 Å². The van der Waals surface area contributed by atoms with Crippen molar-refractivity contribution in [3.8, 4) is 11.5 Å². The molecule has 2 aliphatic heterocycles. The van der Waals surface area contributed by atoms with Gasteiger partial charge in [0.1, 0.15) is 0 Å². The molecule has 1 N–H and O–H groups in total. The Morgan fingerprint density at radius 2 is 1.93 bits per heavy atom. The molecule has 2 aromatic rings. The van der Waals surface area contributed by atoms with Crippen LogP contribution in [0.3, 0.4) is 0 Å².